The Morgan fingerprint density at radius 3 is 2.19 bits per heavy atom. The molecule has 1 aliphatic heterocycles. The molecular formula is C21H42N4O5S. The van der Waals surface area contributed by atoms with E-state index in [9.17, 15) is 9.70 Å². The van der Waals surface area contributed by atoms with Crippen molar-refractivity contribution >= 4 is 17.7 Å². The highest BCUT2D eigenvalue weighted by Gasteiger charge is 2.36. The summed E-state index contributed by atoms with van der Waals surface area (Å²) in [5.74, 6) is 0.884. The van der Waals surface area contributed by atoms with Gasteiger partial charge in [-0.1, -0.05) is 11.6 Å². The fourth-order valence-electron chi connectivity index (χ4n) is 3.43. The summed E-state index contributed by atoms with van der Waals surface area (Å²) in [6, 6.07) is 0.0211. The zero-order valence-corrected chi connectivity index (χ0v) is 20.1. The molecule has 0 radical (unpaired) electrons. The lowest BCUT2D eigenvalue weighted by molar-refractivity contribution is -0.121. The van der Waals surface area contributed by atoms with Crippen LogP contribution in [-0.2, 0) is 19.0 Å². The van der Waals surface area contributed by atoms with Crippen LogP contribution in [0.4, 0.5) is 0 Å². The summed E-state index contributed by atoms with van der Waals surface area (Å²) < 4.78 is 16.4. The number of hydrogen-bond donors (Lipinski definition) is 3. The third kappa shape index (κ3) is 14.1. The van der Waals surface area contributed by atoms with Crippen molar-refractivity contribution in [3.05, 3.63) is 4.91 Å². The van der Waals surface area contributed by atoms with Crippen LogP contribution >= 0.6 is 11.8 Å². The number of carbonyl (C=O) groups is 1. The number of nitrogens with one attached hydrogen (secondary N) is 3. The highest BCUT2D eigenvalue weighted by Crippen LogP contribution is 2.32. The van der Waals surface area contributed by atoms with Gasteiger partial charge < -0.3 is 30.2 Å². The van der Waals surface area contributed by atoms with E-state index in [-0.39, 0.29) is 18.0 Å². The smallest absolute Gasteiger partial charge is 0.219 e. The van der Waals surface area contributed by atoms with Crippen LogP contribution in [-0.4, -0.2) is 95.8 Å². The molecule has 0 aliphatic carbocycles. The van der Waals surface area contributed by atoms with E-state index in [1.807, 2.05) is 25.9 Å². The van der Waals surface area contributed by atoms with Crippen molar-refractivity contribution in [3.63, 3.8) is 0 Å². The van der Waals surface area contributed by atoms with E-state index in [4.69, 9.17) is 14.2 Å². The maximum absolute atomic E-state index is 11.9. The number of carbonyl (C=O) groups excluding carboxylic acids is 1. The predicted octanol–water partition coefficient (Wildman–Crippen LogP) is 1.55. The maximum Gasteiger partial charge on any atom is 0.219 e. The molecule has 0 aromatic heterocycles. The first-order valence-electron chi connectivity index (χ1n) is 11.5. The van der Waals surface area contributed by atoms with Gasteiger partial charge in [0.05, 0.1) is 26.4 Å². The Kier molecular flexibility index (Phi) is 18.1. The summed E-state index contributed by atoms with van der Waals surface area (Å²) in [7, 11) is 3.81. The molecule has 0 bridgehead atoms. The van der Waals surface area contributed by atoms with Crippen LogP contribution in [0.25, 0.3) is 0 Å². The molecule has 1 aliphatic rings. The van der Waals surface area contributed by atoms with Crippen LogP contribution in [0.15, 0.2) is 5.18 Å². The highest BCUT2D eigenvalue weighted by atomic mass is 32.2. The molecule has 1 amide bonds. The summed E-state index contributed by atoms with van der Waals surface area (Å²) in [5.41, 5.74) is 0. The molecular weight excluding hydrogens is 420 g/mol. The lowest BCUT2D eigenvalue weighted by atomic mass is 10.0. The SMILES string of the molecule is CNCCCOCCOCCOCCCNC(=O)CCCCC1SCC(N=O)C1NC. The average Bonchev–Trinajstić information content (AvgIpc) is 3.18. The normalized spacial score (nSPS) is 20.8. The zero-order chi connectivity index (χ0) is 22.6. The fraction of sp³-hybridized carbons (Fsp3) is 0.952. The molecule has 3 unspecified atom stereocenters. The Bertz CT molecular complexity index is 461. The number of amides is 1. The third-order valence-corrected chi connectivity index (χ3v) is 6.65. The Morgan fingerprint density at radius 2 is 1.58 bits per heavy atom. The molecule has 0 aromatic rings. The Hall–Kier alpha value is -0.780. The number of likely N-dealkylation sites (N-methyl/N-ethyl adjacent to an activating group) is 1. The standard InChI is InChI=1S/C21H42N4O5S/c1-22-9-5-11-28-13-15-30-16-14-29-12-6-10-24-20(26)8-4-3-7-19-21(23-2)18(25-27)17-31-19/h18-19,21-23H,3-17H2,1-2H3,(H,24,26). The van der Waals surface area contributed by atoms with E-state index < -0.39 is 0 Å². The van der Waals surface area contributed by atoms with E-state index in [0.29, 0.717) is 51.2 Å². The molecule has 182 valence electrons. The molecule has 9 nitrogen and oxygen atoms in total. The molecule has 10 heteroatoms. The van der Waals surface area contributed by atoms with E-state index in [2.05, 4.69) is 21.1 Å². The number of hydrogen-bond acceptors (Lipinski definition) is 9. The zero-order valence-electron chi connectivity index (χ0n) is 19.2. The molecule has 1 saturated heterocycles. The van der Waals surface area contributed by atoms with E-state index in [1.165, 1.54) is 0 Å². The minimum Gasteiger partial charge on any atom is -0.379 e. The highest BCUT2D eigenvalue weighted by molar-refractivity contribution is 8.00. The lowest BCUT2D eigenvalue weighted by Crippen LogP contribution is -2.40. The quantitative estimate of drug-likeness (QED) is 0.174. The van der Waals surface area contributed by atoms with Crippen molar-refractivity contribution in [3.8, 4) is 0 Å². The van der Waals surface area contributed by atoms with Crippen LogP contribution in [0.5, 0.6) is 0 Å². The monoisotopic (exact) mass is 462 g/mol. The van der Waals surface area contributed by atoms with Crippen LogP contribution in [0.3, 0.4) is 0 Å². The summed E-state index contributed by atoms with van der Waals surface area (Å²) in [4.78, 5) is 22.8. The van der Waals surface area contributed by atoms with Gasteiger partial charge in [0.25, 0.3) is 0 Å². The third-order valence-electron chi connectivity index (χ3n) is 5.15. The van der Waals surface area contributed by atoms with Crippen molar-refractivity contribution in [2.75, 3.05) is 72.6 Å². The largest absolute Gasteiger partial charge is 0.379 e. The van der Waals surface area contributed by atoms with Gasteiger partial charge in [-0.15, -0.1) is 0 Å². The van der Waals surface area contributed by atoms with Crippen molar-refractivity contribution in [1.82, 2.24) is 16.0 Å². The maximum atomic E-state index is 11.9. The Morgan fingerprint density at radius 1 is 0.935 bits per heavy atom. The molecule has 3 N–H and O–H groups in total. The van der Waals surface area contributed by atoms with Gasteiger partial charge in [0.2, 0.25) is 5.91 Å². The minimum absolute atomic E-state index is 0.0923. The van der Waals surface area contributed by atoms with E-state index in [0.717, 1.165) is 51.0 Å². The summed E-state index contributed by atoms with van der Waals surface area (Å²) in [5, 5.41) is 12.9. The second kappa shape index (κ2) is 19.9. The predicted molar refractivity (Wildman–Crippen MR) is 126 cm³/mol. The molecule has 0 spiro atoms. The number of nitrogens with zero attached hydrogens (tertiary/aromatic N) is 1. The van der Waals surface area contributed by atoms with Gasteiger partial charge in [0.1, 0.15) is 6.04 Å². The molecule has 1 rings (SSSR count). The number of thioether (sulfide) groups is 1. The van der Waals surface area contributed by atoms with Crippen LogP contribution in [0.1, 0.15) is 38.5 Å². The molecule has 31 heavy (non-hydrogen) atoms. The number of nitroso groups, excluding NO2 is 1. The topological polar surface area (TPSA) is 110 Å². The summed E-state index contributed by atoms with van der Waals surface area (Å²) in [6.45, 7) is 5.28. The van der Waals surface area contributed by atoms with Gasteiger partial charge in [-0.25, -0.2) is 0 Å². The summed E-state index contributed by atoms with van der Waals surface area (Å²) in [6.07, 6.45) is 5.21. The van der Waals surface area contributed by atoms with Gasteiger partial charge in [0, 0.05) is 43.2 Å². The molecule has 0 aromatic carbocycles. The van der Waals surface area contributed by atoms with Gasteiger partial charge in [-0.2, -0.15) is 16.7 Å². The van der Waals surface area contributed by atoms with E-state index in [1.54, 1.807) is 0 Å². The van der Waals surface area contributed by atoms with Crippen LogP contribution < -0.4 is 16.0 Å². The molecule has 1 fully saturated rings. The number of unbranched alkanes of at least 4 members (excludes halogenated alkanes) is 1. The van der Waals surface area contributed by atoms with Gasteiger partial charge in [-0.3, -0.25) is 4.79 Å². The first kappa shape index (κ1) is 28.3. The van der Waals surface area contributed by atoms with E-state index >= 15 is 0 Å². The minimum atomic E-state index is -0.135. The first-order valence-corrected chi connectivity index (χ1v) is 12.5. The van der Waals surface area contributed by atoms with Gasteiger partial charge in [-0.05, 0) is 46.3 Å². The van der Waals surface area contributed by atoms with Crippen molar-refractivity contribution in [2.45, 2.75) is 55.9 Å². The number of rotatable bonds is 21. The van der Waals surface area contributed by atoms with Crippen LogP contribution in [0, 0.1) is 4.91 Å². The molecule has 1 heterocycles. The average molecular weight is 463 g/mol. The van der Waals surface area contributed by atoms with Crippen molar-refractivity contribution in [2.24, 2.45) is 5.18 Å². The van der Waals surface area contributed by atoms with Gasteiger partial charge >= 0.3 is 0 Å². The Balaban J connectivity index is 1.83. The first-order chi connectivity index (χ1) is 15.2. The van der Waals surface area contributed by atoms with Crippen LogP contribution in [0.2, 0.25) is 0 Å². The molecule has 0 saturated carbocycles. The van der Waals surface area contributed by atoms with Crippen molar-refractivity contribution < 1.29 is 19.0 Å². The van der Waals surface area contributed by atoms with Gasteiger partial charge in [0.15, 0.2) is 0 Å². The molecule has 3 atom stereocenters. The lowest BCUT2D eigenvalue weighted by Gasteiger charge is -2.19. The van der Waals surface area contributed by atoms with Crippen molar-refractivity contribution in [1.29, 1.82) is 0 Å². The second-order valence-corrected chi connectivity index (χ2v) is 8.87. The number of ether oxygens (including phenoxy) is 3. The second-order valence-electron chi connectivity index (χ2n) is 7.60. The Labute approximate surface area is 191 Å². The summed E-state index contributed by atoms with van der Waals surface area (Å²) >= 11 is 1.81. The fourth-order valence-corrected chi connectivity index (χ4v) is 5.00.